The number of hydrogen-bond acceptors (Lipinski definition) is 3. The first-order chi connectivity index (χ1) is 10.8. The zero-order valence-corrected chi connectivity index (χ0v) is 15.0. The summed E-state index contributed by atoms with van der Waals surface area (Å²) in [5, 5.41) is 0.253. The quantitative estimate of drug-likeness (QED) is 0.813. The lowest BCUT2D eigenvalue weighted by Crippen LogP contribution is -2.51. The molecular weight excluding hydrogens is 359 g/mol. The lowest BCUT2D eigenvalue weighted by Gasteiger charge is -2.34. The number of halogens is 2. The summed E-state index contributed by atoms with van der Waals surface area (Å²) in [6.45, 7) is 3.44. The topological polar surface area (TPSA) is 57.7 Å². The van der Waals surface area contributed by atoms with Crippen molar-refractivity contribution < 1.29 is 13.2 Å². The standard InChI is InChI=1S/C15H18Cl2N2O3S/c1-10-9-11(10)15(20)18-5-7-19(8-6-18)23(21,22)13-4-2-3-12(16)14(13)17/h2-4,10-11H,5-9H2,1H3/t10-,11+/m0/s1. The first kappa shape index (κ1) is 17.0. The summed E-state index contributed by atoms with van der Waals surface area (Å²) in [5.74, 6) is 0.727. The predicted octanol–water partition coefficient (Wildman–Crippen LogP) is 2.48. The van der Waals surface area contributed by atoms with E-state index in [2.05, 4.69) is 6.92 Å². The second kappa shape index (κ2) is 6.24. The molecule has 0 unspecified atom stereocenters. The van der Waals surface area contributed by atoms with Gasteiger partial charge in [0.15, 0.2) is 0 Å². The van der Waals surface area contributed by atoms with Gasteiger partial charge >= 0.3 is 0 Å². The second-order valence-corrected chi connectivity index (χ2v) is 8.79. The summed E-state index contributed by atoms with van der Waals surface area (Å²) in [5.41, 5.74) is 0. The zero-order valence-electron chi connectivity index (χ0n) is 12.7. The Kier molecular flexibility index (Phi) is 4.62. The van der Waals surface area contributed by atoms with Crippen molar-refractivity contribution in [1.29, 1.82) is 0 Å². The molecule has 23 heavy (non-hydrogen) atoms. The highest BCUT2D eigenvalue weighted by molar-refractivity contribution is 7.89. The molecule has 1 aromatic carbocycles. The van der Waals surface area contributed by atoms with Gasteiger partial charge in [0.05, 0.1) is 10.0 Å². The highest BCUT2D eigenvalue weighted by Gasteiger charge is 2.42. The number of amides is 1. The summed E-state index contributed by atoms with van der Waals surface area (Å²) in [7, 11) is -3.70. The number of carbonyl (C=O) groups is 1. The first-order valence-electron chi connectivity index (χ1n) is 7.55. The van der Waals surface area contributed by atoms with E-state index in [9.17, 15) is 13.2 Å². The summed E-state index contributed by atoms with van der Waals surface area (Å²) in [6.07, 6.45) is 0.940. The highest BCUT2D eigenvalue weighted by Crippen LogP contribution is 2.39. The molecule has 0 spiro atoms. The minimum atomic E-state index is -3.70. The van der Waals surface area contributed by atoms with Crippen molar-refractivity contribution in [2.45, 2.75) is 18.2 Å². The molecule has 1 saturated carbocycles. The minimum absolute atomic E-state index is 0.0160. The average Bonchev–Trinajstić information content (AvgIpc) is 3.26. The van der Waals surface area contributed by atoms with E-state index in [0.29, 0.717) is 19.0 Å². The van der Waals surface area contributed by atoms with Crippen LogP contribution in [-0.2, 0) is 14.8 Å². The zero-order chi connectivity index (χ0) is 16.8. The molecular formula is C15H18Cl2N2O3S. The van der Waals surface area contributed by atoms with Crippen molar-refractivity contribution >= 4 is 39.1 Å². The molecule has 1 heterocycles. The molecule has 1 aromatic rings. The van der Waals surface area contributed by atoms with Crippen LogP contribution in [0.25, 0.3) is 0 Å². The van der Waals surface area contributed by atoms with E-state index in [1.54, 1.807) is 17.0 Å². The lowest BCUT2D eigenvalue weighted by molar-refractivity contribution is -0.134. The Morgan fingerprint density at radius 2 is 1.78 bits per heavy atom. The molecule has 1 aliphatic heterocycles. The van der Waals surface area contributed by atoms with Crippen molar-refractivity contribution in [3.05, 3.63) is 28.2 Å². The molecule has 1 amide bonds. The van der Waals surface area contributed by atoms with Gasteiger partial charge < -0.3 is 4.90 Å². The van der Waals surface area contributed by atoms with Crippen LogP contribution in [0.2, 0.25) is 10.0 Å². The van der Waals surface area contributed by atoms with Crippen LogP contribution in [0.15, 0.2) is 23.1 Å². The Morgan fingerprint density at radius 1 is 1.17 bits per heavy atom. The van der Waals surface area contributed by atoms with E-state index in [-0.39, 0.29) is 39.9 Å². The SMILES string of the molecule is C[C@H]1C[C@H]1C(=O)N1CCN(S(=O)(=O)c2cccc(Cl)c2Cl)CC1. The van der Waals surface area contributed by atoms with Gasteiger partial charge in [0.2, 0.25) is 15.9 Å². The largest absolute Gasteiger partial charge is 0.340 e. The second-order valence-electron chi connectivity index (χ2n) is 6.10. The van der Waals surface area contributed by atoms with Gasteiger partial charge in [-0.05, 0) is 24.5 Å². The van der Waals surface area contributed by atoms with Gasteiger partial charge in [0.25, 0.3) is 0 Å². The van der Waals surface area contributed by atoms with Crippen molar-refractivity contribution in [3.63, 3.8) is 0 Å². The number of sulfonamides is 1. The molecule has 2 aliphatic rings. The fraction of sp³-hybridized carbons (Fsp3) is 0.533. The third-order valence-electron chi connectivity index (χ3n) is 4.51. The molecule has 8 heteroatoms. The number of benzene rings is 1. The van der Waals surface area contributed by atoms with Crippen molar-refractivity contribution in [1.82, 2.24) is 9.21 Å². The summed E-state index contributed by atoms with van der Waals surface area (Å²) < 4.78 is 26.8. The number of carbonyl (C=O) groups excluding carboxylic acids is 1. The van der Waals surface area contributed by atoms with Crippen molar-refractivity contribution in [3.8, 4) is 0 Å². The maximum atomic E-state index is 12.7. The molecule has 0 radical (unpaired) electrons. The smallest absolute Gasteiger partial charge is 0.244 e. The summed E-state index contributed by atoms with van der Waals surface area (Å²) in [4.78, 5) is 14.0. The van der Waals surface area contributed by atoms with Crippen LogP contribution < -0.4 is 0 Å². The van der Waals surface area contributed by atoms with E-state index >= 15 is 0 Å². The van der Waals surface area contributed by atoms with Crippen molar-refractivity contribution in [2.75, 3.05) is 26.2 Å². The third-order valence-corrected chi connectivity index (χ3v) is 7.38. The summed E-state index contributed by atoms with van der Waals surface area (Å²) in [6, 6.07) is 4.57. The van der Waals surface area contributed by atoms with E-state index in [4.69, 9.17) is 23.2 Å². The molecule has 126 valence electrons. The Bertz CT molecular complexity index is 730. The van der Waals surface area contributed by atoms with Gasteiger partial charge in [0.1, 0.15) is 4.90 Å². The molecule has 5 nitrogen and oxygen atoms in total. The maximum absolute atomic E-state index is 12.7. The fourth-order valence-electron chi connectivity index (χ4n) is 2.87. The minimum Gasteiger partial charge on any atom is -0.340 e. The number of piperazine rings is 1. The van der Waals surface area contributed by atoms with Crippen LogP contribution in [0.1, 0.15) is 13.3 Å². The first-order valence-corrected chi connectivity index (χ1v) is 9.75. The van der Waals surface area contributed by atoms with Crippen LogP contribution in [-0.4, -0.2) is 49.7 Å². The van der Waals surface area contributed by atoms with E-state index in [0.717, 1.165) is 6.42 Å². The molecule has 1 saturated heterocycles. The number of hydrogen-bond donors (Lipinski definition) is 0. The van der Waals surface area contributed by atoms with Gasteiger partial charge in [-0.2, -0.15) is 4.31 Å². The van der Waals surface area contributed by atoms with Crippen LogP contribution >= 0.6 is 23.2 Å². The monoisotopic (exact) mass is 376 g/mol. The molecule has 2 atom stereocenters. The number of rotatable bonds is 3. The Morgan fingerprint density at radius 3 is 2.35 bits per heavy atom. The van der Waals surface area contributed by atoms with E-state index < -0.39 is 10.0 Å². The Balaban J connectivity index is 1.71. The molecule has 0 aromatic heterocycles. The number of nitrogens with zero attached hydrogens (tertiary/aromatic N) is 2. The van der Waals surface area contributed by atoms with Gasteiger partial charge in [-0.25, -0.2) is 8.42 Å². The lowest BCUT2D eigenvalue weighted by atomic mass is 10.2. The van der Waals surface area contributed by atoms with Crippen LogP contribution in [0.3, 0.4) is 0 Å². The van der Waals surface area contributed by atoms with Gasteiger partial charge in [0, 0.05) is 32.1 Å². The molecule has 2 fully saturated rings. The van der Waals surface area contributed by atoms with Gasteiger partial charge in [-0.15, -0.1) is 0 Å². The normalized spacial score (nSPS) is 25.4. The Labute approximate surface area is 146 Å². The van der Waals surface area contributed by atoms with E-state index in [1.807, 2.05) is 0 Å². The van der Waals surface area contributed by atoms with Gasteiger partial charge in [-0.1, -0.05) is 36.2 Å². The summed E-state index contributed by atoms with van der Waals surface area (Å²) >= 11 is 12.0. The molecule has 0 bridgehead atoms. The van der Waals surface area contributed by atoms with Crippen molar-refractivity contribution in [2.24, 2.45) is 11.8 Å². The van der Waals surface area contributed by atoms with Crippen LogP contribution in [0.4, 0.5) is 0 Å². The molecule has 0 N–H and O–H groups in total. The fourth-order valence-corrected chi connectivity index (χ4v) is 5.03. The molecule has 1 aliphatic carbocycles. The van der Waals surface area contributed by atoms with Crippen LogP contribution in [0.5, 0.6) is 0 Å². The predicted molar refractivity (Wildman–Crippen MR) is 89.1 cm³/mol. The highest BCUT2D eigenvalue weighted by atomic mass is 35.5. The third kappa shape index (κ3) is 3.22. The average molecular weight is 377 g/mol. The van der Waals surface area contributed by atoms with Gasteiger partial charge in [-0.3, -0.25) is 4.79 Å². The maximum Gasteiger partial charge on any atom is 0.244 e. The van der Waals surface area contributed by atoms with Crippen LogP contribution in [0, 0.1) is 11.8 Å². The molecule has 3 rings (SSSR count). The van der Waals surface area contributed by atoms with E-state index in [1.165, 1.54) is 10.4 Å². The Hall–Kier alpha value is -0.820.